The van der Waals surface area contributed by atoms with Gasteiger partial charge in [-0.3, -0.25) is 14.3 Å². The summed E-state index contributed by atoms with van der Waals surface area (Å²) in [6.45, 7) is 2.50. The second-order valence-electron chi connectivity index (χ2n) is 6.32. The molecule has 0 atom stereocenters. The molecule has 0 aliphatic carbocycles. The number of thiazole rings is 1. The molecule has 0 saturated heterocycles. The van der Waals surface area contributed by atoms with Gasteiger partial charge in [-0.15, -0.1) is 11.3 Å². The third-order valence-electron chi connectivity index (χ3n) is 4.17. The second-order valence-corrected chi connectivity index (χ2v) is 7.18. The van der Waals surface area contributed by atoms with Crippen molar-refractivity contribution in [3.05, 3.63) is 70.2 Å². The molecule has 0 spiro atoms. The van der Waals surface area contributed by atoms with Gasteiger partial charge in [0.25, 0.3) is 0 Å². The number of hydrogen-bond donors (Lipinski definition) is 2. The van der Waals surface area contributed by atoms with E-state index in [1.165, 1.54) is 11.3 Å². The number of H-pyrrole nitrogens is 1. The van der Waals surface area contributed by atoms with Gasteiger partial charge in [0.15, 0.2) is 5.82 Å². The van der Waals surface area contributed by atoms with Crippen molar-refractivity contribution in [2.75, 3.05) is 11.9 Å². The molecule has 0 aliphatic rings. The van der Waals surface area contributed by atoms with Crippen molar-refractivity contribution in [2.24, 2.45) is 0 Å². The molecule has 1 amide bonds. The van der Waals surface area contributed by atoms with Gasteiger partial charge in [0.1, 0.15) is 10.8 Å². The Balaban J connectivity index is 1.45. The van der Waals surface area contributed by atoms with Crippen LogP contribution < -0.4 is 15.8 Å². The van der Waals surface area contributed by atoms with E-state index < -0.39 is 5.76 Å². The van der Waals surface area contributed by atoms with Gasteiger partial charge >= 0.3 is 5.76 Å². The largest absolute Gasteiger partial charge is 0.493 e. The molecule has 0 unspecified atom stereocenters. The van der Waals surface area contributed by atoms with Crippen molar-refractivity contribution in [3.63, 3.8) is 0 Å². The van der Waals surface area contributed by atoms with Crippen LogP contribution in [0, 0.1) is 0 Å². The molecule has 8 nitrogen and oxygen atoms in total. The van der Waals surface area contributed by atoms with Gasteiger partial charge in [-0.25, -0.2) is 9.78 Å². The summed E-state index contributed by atoms with van der Waals surface area (Å²) in [6, 6.07) is 14.7. The number of benzene rings is 2. The van der Waals surface area contributed by atoms with Crippen LogP contribution in [0.15, 0.2) is 63.2 Å². The van der Waals surface area contributed by atoms with E-state index in [2.05, 4.69) is 25.0 Å². The van der Waals surface area contributed by atoms with Gasteiger partial charge < -0.3 is 10.1 Å². The van der Waals surface area contributed by atoms with Crippen LogP contribution in [0.3, 0.4) is 0 Å². The van der Waals surface area contributed by atoms with E-state index >= 15 is 0 Å². The smallest absolute Gasteiger partial charge is 0.439 e. The summed E-state index contributed by atoms with van der Waals surface area (Å²) in [5, 5.41) is 9.16. The Kier molecular flexibility index (Phi) is 5.71. The van der Waals surface area contributed by atoms with Gasteiger partial charge in [-0.2, -0.15) is 0 Å². The zero-order chi connectivity index (χ0) is 20.9. The van der Waals surface area contributed by atoms with Gasteiger partial charge in [0.2, 0.25) is 5.91 Å². The molecule has 30 heavy (non-hydrogen) atoms. The van der Waals surface area contributed by atoms with E-state index in [0.717, 1.165) is 16.3 Å². The summed E-state index contributed by atoms with van der Waals surface area (Å²) in [6.07, 6.45) is 0.137. The number of aromatic nitrogens is 3. The van der Waals surface area contributed by atoms with Crippen LogP contribution in [0.2, 0.25) is 0 Å². The maximum Gasteiger partial charge on any atom is 0.439 e. The van der Waals surface area contributed by atoms with Crippen LogP contribution in [-0.4, -0.2) is 27.6 Å². The summed E-state index contributed by atoms with van der Waals surface area (Å²) in [7, 11) is 0. The Morgan fingerprint density at radius 2 is 2.10 bits per heavy atom. The predicted molar refractivity (Wildman–Crippen MR) is 114 cm³/mol. The first-order valence-electron chi connectivity index (χ1n) is 9.25. The molecule has 0 bridgehead atoms. The lowest BCUT2D eigenvalue weighted by atomic mass is 10.2. The van der Waals surface area contributed by atoms with E-state index in [9.17, 15) is 9.59 Å². The average Bonchev–Trinajstić information content (AvgIpc) is 3.38. The molecule has 0 radical (unpaired) electrons. The van der Waals surface area contributed by atoms with E-state index in [1.54, 1.807) is 24.3 Å². The quantitative estimate of drug-likeness (QED) is 0.470. The molecule has 152 valence electrons. The molecule has 2 aromatic carbocycles. The molecule has 2 aromatic heterocycles. The molecule has 2 N–H and O–H groups in total. The molecule has 0 aliphatic heterocycles. The molecular formula is C21H18N4O4S. The normalized spacial score (nSPS) is 10.7. The van der Waals surface area contributed by atoms with Gasteiger partial charge in [0, 0.05) is 16.6 Å². The minimum atomic E-state index is -0.635. The van der Waals surface area contributed by atoms with E-state index in [-0.39, 0.29) is 12.3 Å². The fraction of sp³-hybridized carbons (Fsp3) is 0.143. The Labute approximate surface area is 175 Å². The lowest BCUT2D eigenvalue weighted by molar-refractivity contribution is -0.115. The van der Waals surface area contributed by atoms with Crippen LogP contribution in [0.1, 0.15) is 12.6 Å². The Morgan fingerprint density at radius 1 is 1.23 bits per heavy atom. The molecular weight excluding hydrogens is 404 g/mol. The topological polar surface area (TPSA) is 110 Å². The zero-order valence-electron chi connectivity index (χ0n) is 16.0. The minimum Gasteiger partial charge on any atom is -0.493 e. The van der Waals surface area contributed by atoms with E-state index in [0.29, 0.717) is 29.4 Å². The van der Waals surface area contributed by atoms with Crippen molar-refractivity contribution in [2.45, 2.75) is 13.3 Å². The number of amides is 1. The van der Waals surface area contributed by atoms with Crippen molar-refractivity contribution < 1.29 is 14.1 Å². The number of aromatic amines is 1. The van der Waals surface area contributed by atoms with Crippen molar-refractivity contribution in [1.29, 1.82) is 0 Å². The second kappa shape index (κ2) is 8.75. The predicted octanol–water partition coefficient (Wildman–Crippen LogP) is 3.73. The average molecular weight is 422 g/mol. The number of ether oxygens (including phenoxy) is 1. The van der Waals surface area contributed by atoms with Gasteiger partial charge in [0.05, 0.1) is 24.3 Å². The van der Waals surface area contributed by atoms with Crippen LogP contribution in [0.4, 0.5) is 5.69 Å². The number of carbonyl (C=O) groups excluding carboxylic acids is 1. The maximum absolute atomic E-state index is 12.5. The molecule has 2 heterocycles. The monoisotopic (exact) mass is 422 g/mol. The summed E-state index contributed by atoms with van der Waals surface area (Å²) in [5.74, 6) is 0.238. The minimum absolute atomic E-state index is 0.137. The standard InChI is InChI=1S/C21H18N4O4S/c1-2-28-17-9-4-3-8-16(17)20-23-15(12-30-20)11-18(26)22-14-7-5-6-13(10-14)19-24-21(27)29-25-19/h3-10,12H,2,11H2,1H3,(H,22,26)(H,24,25,27). The van der Waals surface area contributed by atoms with E-state index in [4.69, 9.17) is 4.74 Å². The highest BCUT2D eigenvalue weighted by atomic mass is 32.1. The fourth-order valence-corrected chi connectivity index (χ4v) is 3.75. The first-order valence-corrected chi connectivity index (χ1v) is 10.1. The first kappa shape index (κ1) is 19.6. The highest BCUT2D eigenvalue weighted by Crippen LogP contribution is 2.32. The van der Waals surface area contributed by atoms with Gasteiger partial charge in [-0.05, 0) is 31.2 Å². The zero-order valence-corrected chi connectivity index (χ0v) is 16.9. The summed E-state index contributed by atoms with van der Waals surface area (Å²) < 4.78 is 10.2. The summed E-state index contributed by atoms with van der Waals surface area (Å²) >= 11 is 1.47. The third-order valence-corrected chi connectivity index (χ3v) is 5.10. The highest BCUT2D eigenvalue weighted by Gasteiger charge is 2.13. The van der Waals surface area contributed by atoms with Crippen molar-refractivity contribution in [3.8, 4) is 27.7 Å². The third kappa shape index (κ3) is 4.47. The van der Waals surface area contributed by atoms with Crippen molar-refractivity contribution in [1.82, 2.24) is 15.1 Å². The molecule has 4 aromatic rings. The molecule has 0 saturated carbocycles. The summed E-state index contributed by atoms with van der Waals surface area (Å²) in [4.78, 5) is 30.7. The maximum atomic E-state index is 12.5. The fourth-order valence-electron chi connectivity index (χ4n) is 2.90. The number of rotatable bonds is 7. The van der Waals surface area contributed by atoms with E-state index in [1.807, 2.05) is 36.6 Å². The van der Waals surface area contributed by atoms with Gasteiger partial charge in [-0.1, -0.05) is 29.4 Å². The SMILES string of the molecule is CCOc1ccccc1-c1nc(CC(=O)Nc2cccc(-c3noc(=O)[nH]3)c2)cs1. The Morgan fingerprint density at radius 3 is 2.90 bits per heavy atom. The number of hydrogen-bond acceptors (Lipinski definition) is 7. The van der Waals surface area contributed by atoms with Crippen LogP contribution in [0.25, 0.3) is 22.0 Å². The summed E-state index contributed by atoms with van der Waals surface area (Å²) in [5.41, 5.74) is 2.79. The molecule has 0 fully saturated rings. The lowest BCUT2D eigenvalue weighted by Gasteiger charge is -2.07. The number of nitrogens with one attached hydrogen (secondary N) is 2. The van der Waals surface area contributed by atoms with Crippen LogP contribution in [-0.2, 0) is 11.2 Å². The Bertz CT molecular complexity index is 1230. The first-order chi connectivity index (χ1) is 14.6. The lowest BCUT2D eigenvalue weighted by Crippen LogP contribution is -2.14. The number of nitrogens with zero attached hydrogens (tertiary/aromatic N) is 2. The highest BCUT2D eigenvalue weighted by molar-refractivity contribution is 7.13. The number of carbonyl (C=O) groups is 1. The van der Waals surface area contributed by atoms with Crippen molar-refractivity contribution >= 4 is 22.9 Å². The molecule has 4 rings (SSSR count). The van der Waals surface area contributed by atoms with Crippen LogP contribution >= 0.6 is 11.3 Å². The number of para-hydroxylation sites is 1. The molecule has 9 heteroatoms. The Hall–Kier alpha value is -3.72. The van der Waals surface area contributed by atoms with Crippen LogP contribution in [0.5, 0.6) is 5.75 Å². The number of anilines is 1.